The van der Waals surface area contributed by atoms with Crippen LogP contribution in [0.1, 0.15) is 18.1 Å². The van der Waals surface area contributed by atoms with Crippen LogP contribution in [0.4, 0.5) is 5.69 Å². The Morgan fingerprint density at radius 1 is 1.22 bits per heavy atom. The maximum Gasteiger partial charge on any atom is 0.244 e. The largest absolute Gasteiger partial charge is 0.273 e. The van der Waals surface area contributed by atoms with E-state index in [0.717, 1.165) is 9.87 Å². The molecular formula is C17H19N3O5S2. The molecule has 0 bridgehead atoms. The molecule has 1 aromatic carbocycles. The average Bonchev–Trinajstić information content (AvgIpc) is 2.81. The van der Waals surface area contributed by atoms with Gasteiger partial charge in [0, 0.05) is 18.9 Å². The van der Waals surface area contributed by atoms with Crippen LogP contribution < -0.4 is 9.03 Å². The predicted molar refractivity (Wildman–Crippen MR) is 99.9 cm³/mol. The molecule has 2 aromatic rings. The lowest BCUT2D eigenvalue weighted by atomic mass is 10.2. The molecule has 1 amide bonds. The number of carbonyl (C=O) groups excluding carboxylic acids is 1. The Morgan fingerprint density at radius 2 is 1.89 bits per heavy atom. The first-order chi connectivity index (χ1) is 12.6. The zero-order chi connectivity index (χ0) is 19.8. The van der Waals surface area contributed by atoms with E-state index >= 15 is 0 Å². The van der Waals surface area contributed by atoms with Crippen molar-refractivity contribution in [3.05, 3.63) is 53.9 Å². The predicted octanol–water partition coefficient (Wildman–Crippen LogP) is 1.18. The molecule has 0 radical (unpaired) electrons. The third-order valence-corrected chi connectivity index (χ3v) is 7.69. The molecule has 1 fully saturated rings. The second-order valence-electron chi connectivity index (χ2n) is 6.41. The monoisotopic (exact) mass is 409 g/mol. The Morgan fingerprint density at radius 3 is 2.44 bits per heavy atom. The molecule has 144 valence electrons. The molecule has 1 aliphatic rings. The van der Waals surface area contributed by atoms with E-state index in [0.29, 0.717) is 5.56 Å². The van der Waals surface area contributed by atoms with Crippen molar-refractivity contribution in [1.82, 2.24) is 9.71 Å². The molecule has 0 spiro atoms. The fraction of sp³-hybridized carbons (Fsp3) is 0.294. The highest BCUT2D eigenvalue weighted by Gasteiger charge is 2.42. The van der Waals surface area contributed by atoms with Gasteiger partial charge < -0.3 is 0 Å². The lowest BCUT2D eigenvalue weighted by Crippen LogP contribution is -2.30. The molecule has 0 saturated carbocycles. The topological polar surface area (TPSA) is 114 Å². The summed E-state index contributed by atoms with van der Waals surface area (Å²) in [5.41, 5.74) is 1.25. The lowest BCUT2D eigenvalue weighted by molar-refractivity contribution is -0.119. The number of benzene rings is 1. The number of rotatable bonds is 5. The second-order valence-corrected chi connectivity index (χ2v) is 10.0. The van der Waals surface area contributed by atoms with E-state index in [1.165, 1.54) is 18.2 Å². The van der Waals surface area contributed by atoms with E-state index in [-0.39, 0.29) is 22.9 Å². The first-order valence-corrected chi connectivity index (χ1v) is 11.3. The number of carbonyl (C=O) groups is 1. The van der Waals surface area contributed by atoms with Crippen molar-refractivity contribution in [3.8, 4) is 0 Å². The van der Waals surface area contributed by atoms with Crippen molar-refractivity contribution in [2.75, 3.05) is 10.1 Å². The molecule has 27 heavy (non-hydrogen) atoms. The van der Waals surface area contributed by atoms with E-state index in [4.69, 9.17) is 0 Å². The number of aryl methyl sites for hydroxylation is 1. The van der Waals surface area contributed by atoms with Gasteiger partial charge in [-0.05, 0) is 48.4 Å². The third-order valence-electron chi connectivity index (χ3n) is 4.26. The molecule has 1 saturated heterocycles. The number of aromatic nitrogens is 1. The van der Waals surface area contributed by atoms with Gasteiger partial charge in [0.25, 0.3) is 0 Å². The van der Waals surface area contributed by atoms with E-state index in [1.54, 1.807) is 38.4 Å². The van der Waals surface area contributed by atoms with E-state index < -0.39 is 31.9 Å². The van der Waals surface area contributed by atoms with Gasteiger partial charge in [-0.15, -0.1) is 0 Å². The first kappa shape index (κ1) is 19.5. The Kier molecular flexibility index (Phi) is 5.06. The quantitative estimate of drug-likeness (QED) is 0.793. The van der Waals surface area contributed by atoms with Gasteiger partial charge >= 0.3 is 0 Å². The highest BCUT2D eigenvalue weighted by atomic mass is 32.2. The van der Waals surface area contributed by atoms with Gasteiger partial charge in [0.05, 0.1) is 22.3 Å². The first-order valence-electron chi connectivity index (χ1n) is 8.18. The minimum atomic E-state index is -3.81. The van der Waals surface area contributed by atoms with Crippen LogP contribution in [-0.4, -0.2) is 33.5 Å². The molecular weight excluding hydrogens is 390 g/mol. The molecule has 8 nitrogen and oxygen atoms in total. The van der Waals surface area contributed by atoms with Crippen LogP contribution in [0.25, 0.3) is 0 Å². The summed E-state index contributed by atoms with van der Waals surface area (Å²) < 4.78 is 52.8. The fourth-order valence-corrected chi connectivity index (χ4v) is 5.96. The minimum Gasteiger partial charge on any atom is -0.273 e. The number of amides is 1. The Labute approximate surface area is 158 Å². The van der Waals surface area contributed by atoms with Gasteiger partial charge in [-0.25, -0.2) is 25.9 Å². The molecule has 1 atom stereocenters. The molecule has 1 aromatic heterocycles. The highest BCUT2D eigenvalue weighted by Crippen LogP contribution is 2.30. The van der Waals surface area contributed by atoms with Gasteiger partial charge in [-0.2, -0.15) is 0 Å². The van der Waals surface area contributed by atoms with E-state index in [9.17, 15) is 21.6 Å². The van der Waals surface area contributed by atoms with Crippen LogP contribution in [0.5, 0.6) is 0 Å². The number of nitrogens with zero attached hydrogens (tertiary/aromatic N) is 2. The van der Waals surface area contributed by atoms with Gasteiger partial charge in [-0.3, -0.25) is 9.78 Å². The second kappa shape index (κ2) is 7.02. The number of sulfonamides is 2. The lowest BCUT2D eigenvalue weighted by Gasteiger charge is -2.17. The van der Waals surface area contributed by atoms with Gasteiger partial charge in [0.2, 0.25) is 26.0 Å². The van der Waals surface area contributed by atoms with Crippen LogP contribution in [-0.2, 0) is 31.4 Å². The molecule has 1 aliphatic heterocycles. The molecule has 3 rings (SSSR count). The summed E-state index contributed by atoms with van der Waals surface area (Å²) in [4.78, 5) is 16.1. The SMILES string of the molecule is Cc1cc(N2C(=O)C(C)CS2(=O)=O)ccc1S(=O)(=O)NCc1ccncc1. The summed E-state index contributed by atoms with van der Waals surface area (Å²) in [6.07, 6.45) is 3.14. The minimum absolute atomic E-state index is 0.0254. The van der Waals surface area contributed by atoms with Crippen molar-refractivity contribution in [2.24, 2.45) is 5.92 Å². The number of hydrogen-bond donors (Lipinski definition) is 1. The van der Waals surface area contributed by atoms with Crippen molar-refractivity contribution in [2.45, 2.75) is 25.3 Å². The van der Waals surface area contributed by atoms with Gasteiger partial charge in [0.1, 0.15) is 0 Å². The van der Waals surface area contributed by atoms with Crippen molar-refractivity contribution >= 4 is 31.6 Å². The Balaban J connectivity index is 1.87. The summed E-state index contributed by atoms with van der Waals surface area (Å²) in [5.74, 6) is -1.39. The summed E-state index contributed by atoms with van der Waals surface area (Å²) in [6, 6.07) is 7.44. The highest BCUT2D eigenvalue weighted by molar-refractivity contribution is 7.94. The molecule has 2 heterocycles. The summed E-state index contributed by atoms with van der Waals surface area (Å²) in [5, 5.41) is 0. The number of anilines is 1. The van der Waals surface area contributed by atoms with Crippen LogP contribution in [0, 0.1) is 12.8 Å². The molecule has 1 unspecified atom stereocenters. The molecule has 0 aliphatic carbocycles. The van der Waals surface area contributed by atoms with Crippen LogP contribution in [0.2, 0.25) is 0 Å². The average molecular weight is 409 g/mol. The van der Waals surface area contributed by atoms with E-state index in [2.05, 4.69) is 9.71 Å². The maximum atomic E-state index is 12.6. The molecule has 10 heteroatoms. The van der Waals surface area contributed by atoms with Gasteiger partial charge in [0.15, 0.2) is 0 Å². The van der Waals surface area contributed by atoms with Crippen LogP contribution in [0.3, 0.4) is 0 Å². The number of pyridine rings is 1. The smallest absolute Gasteiger partial charge is 0.244 e. The normalized spacial score (nSPS) is 19.4. The molecule has 1 N–H and O–H groups in total. The van der Waals surface area contributed by atoms with Gasteiger partial charge in [-0.1, -0.05) is 6.92 Å². The zero-order valence-electron chi connectivity index (χ0n) is 14.8. The third kappa shape index (κ3) is 3.87. The summed E-state index contributed by atoms with van der Waals surface area (Å²) in [7, 11) is -7.54. The van der Waals surface area contributed by atoms with Crippen molar-refractivity contribution in [3.63, 3.8) is 0 Å². The van der Waals surface area contributed by atoms with Crippen molar-refractivity contribution < 1.29 is 21.6 Å². The zero-order valence-corrected chi connectivity index (χ0v) is 16.4. The Bertz CT molecular complexity index is 1080. The van der Waals surface area contributed by atoms with E-state index in [1.807, 2.05) is 0 Å². The maximum absolute atomic E-state index is 12.6. The Hall–Kier alpha value is -2.30. The fourth-order valence-electron chi connectivity index (χ4n) is 2.90. The number of hydrogen-bond acceptors (Lipinski definition) is 6. The number of nitrogens with one attached hydrogen (secondary N) is 1. The van der Waals surface area contributed by atoms with Crippen molar-refractivity contribution in [1.29, 1.82) is 0 Å². The van der Waals surface area contributed by atoms with Crippen LogP contribution >= 0.6 is 0 Å². The summed E-state index contributed by atoms with van der Waals surface area (Å²) >= 11 is 0. The standard InChI is InChI=1S/C17H19N3O5S2/c1-12-9-15(20-17(21)13(2)11-26(20,22)23)3-4-16(12)27(24,25)19-10-14-5-7-18-8-6-14/h3-9,13,19H,10-11H2,1-2H3. The van der Waals surface area contributed by atoms with Crippen LogP contribution in [0.15, 0.2) is 47.6 Å². The summed E-state index contributed by atoms with van der Waals surface area (Å²) in [6.45, 7) is 3.21.